The average molecular weight is 324 g/mol. The molecule has 0 unspecified atom stereocenters. The zero-order valence-corrected chi connectivity index (χ0v) is 12.4. The number of carbonyl (C=O) groups excluding carboxylic acids is 1. The third kappa shape index (κ3) is 6.45. The van der Waals surface area contributed by atoms with E-state index in [4.69, 9.17) is 15.9 Å². The van der Waals surface area contributed by atoms with Crippen molar-refractivity contribution in [2.75, 3.05) is 0 Å². The van der Waals surface area contributed by atoms with Crippen LogP contribution in [0.2, 0.25) is 0 Å². The molecule has 0 bridgehead atoms. The smallest absolute Gasteiger partial charge is 0.326 e. The topological polar surface area (TPSA) is 150 Å². The lowest BCUT2D eigenvalue weighted by Gasteiger charge is -2.21. The van der Waals surface area contributed by atoms with Crippen LogP contribution in [0.5, 0.6) is 0 Å². The molecular formula is C15H20N2O6. The lowest BCUT2D eigenvalue weighted by atomic mass is 10.0. The van der Waals surface area contributed by atoms with Crippen LogP contribution in [0.15, 0.2) is 30.3 Å². The van der Waals surface area contributed by atoms with Gasteiger partial charge in [-0.15, -0.1) is 0 Å². The van der Waals surface area contributed by atoms with Crippen LogP contribution in [-0.4, -0.2) is 51.4 Å². The first-order chi connectivity index (χ1) is 10.8. The molecule has 0 heterocycles. The Kier molecular flexibility index (Phi) is 7.17. The highest BCUT2D eigenvalue weighted by molar-refractivity contribution is 5.86. The number of rotatable bonds is 9. The van der Waals surface area contributed by atoms with Gasteiger partial charge in [-0.25, -0.2) is 4.79 Å². The number of nitrogens with one attached hydrogen (secondary N) is 1. The van der Waals surface area contributed by atoms with Gasteiger partial charge in [-0.2, -0.15) is 0 Å². The molecule has 1 aromatic carbocycles. The molecule has 0 aromatic heterocycles. The first kappa shape index (κ1) is 18.6. The van der Waals surface area contributed by atoms with Gasteiger partial charge >= 0.3 is 11.9 Å². The molecule has 0 saturated heterocycles. The van der Waals surface area contributed by atoms with Gasteiger partial charge in [0.25, 0.3) is 5.91 Å². The van der Waals surface area contributed by atoms with Crippen molar-refractivity contribution in [3.8, 4) is 0 Å². The van der Waals surface area contributed by atoms with E-state index in [0.29, 0.717) is 0 Å². The second-order valence-corrected chi connectivity index (χ2v) is 5.13. The SMILES string of the molecule is N[C@H](Cc1ccccc1)[C@H](O)C(=O)N[C@@H](CCC(=O)O)C(=O)O. The zero-order valence-electron chi connectivity index (χ0n) is 12.4. The van der Waals surface area contributed by atoms with Gasteiger partial charge in [0.15, 0.2) is 0 Å². The normalized spacial score (nSPS) is 14.5. The van der Waals surface area contributed by atoms with E-state index in [-0.39, 0.29) is 12.8 Å². The first-order valence-corrected chi connectivity index (χ1v) is 7.03. The van der Waals surface area contributed by atoms with Crippen molar-refractivity contribution in [3.63, 3.8) is 0 Å². The van der Waals surface area contributed by atoms with E-state index in [1.807, 2.05) is 6.07 Å². The zero-order chi connectivity index (χ0) is 17.4. The van der Waals surface area contributed by atoms with E-state index in [9.17, 15) is 19.5 Å². The van der Waals surface area contributed by atoms with Gasteiger partial charge < -0.3 is 26.4 Å². The van der Waals surface area contributed by atoms with E-state index < -0.39 is 42.5 Å². The highest BCUT2D eigenvalue weighted by Gasteiger charge is 2.28. The third-order valence-electron chi connectivity index (χ3n) is 3.25. The lowest BCUT2D eigenvalue weighted by Crippen LogP contribution is -2.52. The number of hydrogen-bond donors (Lipinski definition) is 5. The van der Waals surface area contributed by atoms with Crippen LogP contribution in [-0.2, 0) is 20.8 Å². The van der Waals surface area contributed by atoms with Crippen LogP contribution in [0, 0.1) is 0 Å². The van der Waals surface area contributed by atoms with Gasteiger partial charge in [-0.05, 0) is 18.4 Å². The van der Waals surface area contributed by atoms with Crippen LogP contribution in [0.3, 0.4) is 0 Å². The minimum atomic E-state index is -1.60. The Bertz CT molecular complexity index is 548. The van der Waals surface area contributed by atoms with Gasteiger partial charge in [0.05, 0.1) is 0 Å². The molecule has 6 N–H and O–H groups in total. The summed E-state index contributed by atoms with van der Waals surface area (Å²) in [4.78, 5) is 33.4. The highest BCUT2D eigenvalue weighted by atomic mass is 16.4. The molecular weight excluding hydrogens is 304 g/mol. The van der Waals surface area contributed by atoms with E-state index in [1.54, 1.807) is 24.3 Å². The molecule has 0 radical (unpaired) electrons. The summed E-state index contributed by atoms with van der Waals surface area (Å²) < 4.78 is 0. The third-order valence-corrected chi connectivity index (χ3v) is 3.25. The van der Waals surface area contributed by atoms with Crippen LogP contribution in [0.25, 0.3) is 0 Å². The van der Waals surface area contributed by atoms with Gasteiger partial charge in [0.1, 0.15) is 12.1 Å². The standard InChI is InChI=1S/C15H20N2O6/c16-10(8-9-4-2-1-3-5-9)13(20)14(21)17-11(15(22)23)6-7-12(18)19/h1-5,10-11,13,20H,6-8,16H2,(H,17,21)(H,18,19)(H,22,23)/t10-,11+,13+/m1/s1. The van der Waals surface area contributed by atoms with E-state index in [1.165, 1.54) is 0 Å². The Morgan fingerprint density at radius 1 is 1.13 bits per heavy atom. The molecule has 1 amide bonds. The Hall–Kier alpha value is -2.45. The second kappa shape index (κ2) is 8.86. The van der Waals surface area contributed by atoms with Crippen LogP contribution in [0.1, 0.15) is 18.4 Å². The van der Waals surface area contributed by atoms with Gasteiger partial charge in [0, 0.05) is 12.5 Å². The molecule has 1 rings (SSSR count). The van der Waals surface area contributed by atoms with Crippen LogP contribution in [0.4, 0.5) is 0 Å². The maximum absolute atomic E-state index is 11.9. The van der Waals surface area contributed by atoms with E-state index >= 15 is 0 Å². The van der Waals surface area contributed by atoms with Crippen molar-refractivity contribution in [2.24, 2.45) is 5.73 Å². The number of hydrogen-bond acceptors (Lipinski definition) is 5. The number of carboxylic acids is 2. The molecule has 8 nitrogen and oxygen atoms in total. The maximum Gasteiger partial charge on any atom is 0.326 e. The number of aliphatic hydroxyl groups is 1. The Labute approximate surface area is 132 Å². The fraction of sp³-hybridized carbons (Fsp3) is 0.400. The second-order valence-electron chi connectivity index (χ2n) is 5.13. The summed E-state index contributed by atoms with van der Waals surface area (Å²) in [6.07, 6.45) is -2.05. The number of nitrogens with two attached hydrogens (primary N) is 1. The van der Waals surface area contributed by atoms with Crippen LogP contribution < -0.4 is 11.1 Å². The van der Waals surface area contributed by atoms with Crippen molar-refractivity contribution >= 4 is 17.8 Å². The Morgan fingerprint density at radius 3 is 2.26 bits per heavy atom. The molecule has 0 aliphatic carbocycles. The molecule has 23 heavy (non-hydrogen) atoms. The predicted molar refractivity (Wildman–Crippen MR) is 80.6 cm³/mol. The fourth-order valence-electron chi connectivity index (χ4n) is 1.97. The average Bonchev–Trinajstić information content (AvgIpc) is 2.50. The summed E-state index contributed by atoms with van der Waals surface area (Å²) in [5.41, 5.74) is 6.60. The summed E-state index contributed by atoms with van der Waals surface area (Å²) >= 11 is 0. The molecule has 0 spiro atoms. The number of aliphatic carboxylic acids is 2. The molecule has 126 valence electrons. The predicted octanol–water partition coefficient (Wildman–Crippen LogP) is -0.648. The largest absolute Gasteiger partial charge is 0.481 e. The number of aliphatic hydroxyl groups excluding tert-OH is 1. The van der Waals surface area contributed by atoms with Crippen molar-refractivity contribution in [3.05, 3.63) is 35.9 Å². The lowest BCUT2D eigenvalue weighted by molar-refractivity contribution is -0.144. The molecule has 0 aliphatic heterocycles. The van der Waals surface area contributed by atoms with Gasteiger partial charge in [-0.3, -0.25) is 9.59 Å². The number of carboxylic acid groups (broad SMARTS) is 2. The number of benzene rings is 1. The van der Waals surface area contributed by atoms with E-state index in [0.717, 1.165) is 5.56 Å². The summed E-state index contributed by atoms with van der Waals surface area (Å²) in [5.74, 6) is -3.48. The molecule has 3 atom stereocenters. The van der Waals surface area contributed by atoms with Gasteiger partial charge in [0.2, 0.25) is 0 Å². The van der Waals surface area contributed by atoms with Crippen molar-refractivity contribution in [1.29, 1.82) is 0 Å². The Morgan fingerprint density at radius 2 is 1.74 bits per heavy atom. The number of carbonyl (C=O) groups is 3. The summed E-state index contributed by atoms with van der Waals surface area (Å²) in [6, 6.07) is 6.68. The minimum absolute atomic E-state index is 0.238. The molecule has 8 heteroatoms. The summed E-state index contributed by atoms with van der Waals surface area (Å²) in [7, 11) is 0. The molecule has 1 aromatic rings. The Balaban J connectivity index is 2.59. The molecule has 0 aliphatic rings. The monoisotopic (exact) mass is 324 g/mol. The van der Waals surface area contributed by atoms with Gasteiger partial charge in [-0.1, -0.05) is 30.3 Å². The van der Waals surface area contributed by atoms with Crippen LogP contribution >= 0.6 is 0 Å². The number of amides is 1. The first-order valence-electron chi connectivity index (χ1n) is 7.03. The van der Waals surface area contributed by atoms with Crippen molar-refractivity contribution in [2.45, 2.75) is 37.5 Å². The quantitative estimate of drug-likeness (QED) is 0.405. The van der Waals surface area contributed by atoms with Crippen molar-refractivity contribution in [1.82, 2.24) is 5.32 Å². The summed E-state index contributed by atoms with van der Waals surface area (Å²) in [5, 5.41) is 29.6. The fourth-order valence-corrected chi connectivity index (χ4v) is 1.97. The maximum atomic E-state index is 11.9. The minimum Gasteiger partial charge on any atom is -0.481 e. The highest BCUT2D eigenvalue weighted by Crippen LogP contribution is 2.06. The van der Waals surface area contributed by atoms with E-state index in [2.05, 4.69) is 5.32 Å². The summed E-state index contributed by atoms with van der Waals surface area (Å²) in [6.45, 7) is 0. The van der Waals surface area contributed by atoms with Crippen molar-refractivity contribution < 1.29 is 29.7 Å². The molecule has 0 fully saturated rings. The molecule has 0 saturated carbocycles.